The number of anilines is 2. The summed E-state index contributed by atoms with van der Waals surface area (Å²) in [7, 11) is 0. The normalized spacial score (nSPS) is 21.7. The van der Waals surface area contributed by atoms with E-state index >= 15 is 0 Å². The summed E-state index contributed by atoms with van der Waals surface area (Å²) in [5.41, 5.74) is 9.41. The Labute approximate surface area is 95.8 Å². The fraction of sp³-hybridized carbons (Fsp3) is 0.500. The van der Waals surface area contributed by atoms with Gasteiger partial charge < -0.3 is 10.6 Å². The van der Waals surface area contributed by atoms with E-state index in [0.29, 0.717) is 5.25 Å². The molecule has 1 aliphatic rings. The van der Waals surface area contributed by atoms with Gasteiger partial charge >= 0.3 is 0 Å². The van der Waals surface area contributed by atoms with E-state index in [4.69, 9.17) is 5.73 Å². The highest BCUT2D eigenvalue weighted by molar-refractivity contribution is 8.00. The van der Waals surface area contributed by atoms with Crippen molar-refractivity contribution in [2.24, 2.45) is 0 Å². The molecule has 0 radical (unpaired) electrons. The summed E-state index contributed by atoms with van der Waals surface area (Å²) in [4.78, 5) is 2.41. The molecule has 0 amide bonds. The van der Waals surface area contributed by atoms with Gasteiger partial charge in [0.05, 0.1) is 11.4 Å². The van der Waals surface area contributed by atoms with E-state index in [-0.39, 0.29) is 0 Å². The van der Waals surface area contributed by atoms with Crippen molar-refractivity contribution >= 4 is 23.1 Å². The molecular formula is C12H18N2S. The van der Waals surface area contributed by atoms with Crippen molar-refractivity contribution in [3.63, 3.8) is 0 Å². The molecule has 15 heavy (non-hydrogen) atoms. The van der Waals surface area contributed by atoms with E-state index in [1.807, 2.05) is 17.8 Å². The zero-order chi connectivity index (χ0) is 10.8. The Morgan fingerprint density at radius 2 is 2.27 bits per heavy atom. The van der Waals surface area contributed by atoms with Gasteiger partial charge in [-0.3, -0.25) is 0 Å². The van der Waals surface area contributed by atoms with Crippen LogP contribution in [-0.2, 0) is 0 Å². The quantitative estimate of drug-likeness (QED) is 0.740. The van der Waals surface area contributed by atoms with Gasteiger partial charge in [-0.2, -0.15) is 11.8 Å². The van der Waals surface area contributed by atoms with Gasteiger partial charge in [0.2, 0.25) is 0 Å². The van der Waals surface area contributed by atoms with Crippen LogP contribution < -0.4 is 10.6 Å². The maximum absolute atomic E-state index is 6.02. The summed E-state index contributed by atoms with van der Waals surface area (Å²) < 4.78 is 0. The molecule has 0 aliphatic carbocycles. The van der Waals surface area contributed by atoms with Gasteiger partial charge in [0.1, 0.15) is 0 Å². The molecular weight excluding hydrogens is 204 g/mol. The van der Waals surface area contributed by atoms with Crippen LogP contribution in [0.25, 0.3) is 0 Å². The number of hydrogen-bond acceptors (Lipinski definition) is 3. The minimum atomic E-state index is 0.707. The number of benzene rings is 1. The molecule has 1 fully saturated rings. The molecule has 3 heteroatoms. The van der Waals surface area contributed by atoms with Crippen molar-refractivity contribution < 1.29 is 0 Å². The lowest BCUT2D eigenvalue weighted by atomic mass is 10.1. The summed E-state index contributed by atoms with van der Waals surface area (Å²) >= 11 is 2.04. The monoisotopic (exact) mass is 222 g/mol. The fourth-order valence-corrected chi connectivity index (χ4v) is 2.98. The van der Waals surface area contributed by atoms with Crippen LogP contribution in [0.4, 0.5) is 11.4 Å². The van der Waals surface area contributed by atoms with Gasteiger partial charge in [-0.25, -0.2) is 0 Å². The Morgan fingerprint density at radius 1 is 1.47 bits per heavy atom. The summed E-state index contributed by atoms with van der Waals surface area (Å²) in [5, 5.41) is 0.707. The van der Waals surface area contributed by atoms with Gasteiger partial charge in [-0.1, -0.05) is 13.0 Å². The van der Waals surface area contributed by atoms with E-state index in [0.717, 1.165) is 18.8 Å². The molecule has 1 aliphatic heterocycles. The second-order valence-corrected chi connectivity index (χ2v) is 5.74. The molecule has 1 aromatic rings. The van der Waals surface area contributed by atoms with Crippen molar-refractivity contribution in [3.8, 4) is 0 Å². The molecule has 1 heterocycles. The smallest absolute Gasteiger partial charge is 0.0603 e. The highest BCUT2D eigenvalue weighted by Crippen LogP contribution is 2.28. The maximum atomic E-state index is 6.02. The third kappa shape index (κ3) is 2.40. The lowest BCUT2D eigenvalue weighted by molar-refractivity contribution is 0.783. The molecule has 2 N–H and O–H groups in total. The van der Waals surface area contributed by atoms with Crippen molar-refractivity contribution in [2.45, 2.75) is 19.1 Å². The van der Waals surface area contributed by atoms with Crippen molar-refractivity contribution in [1.82, 2.24) is 0 Å². The molecule has 1 atom stereocenters. The highest BCUT2D eigenvalue weighted by atomic mass is 32.2. The third-order valence-electron chi connectivity index (χ3n) is 2.77. The average Bonchev–Trinajstić information content (AvgIpc) is 2.22. The van der Waals surface area contributed by atoms with Crippen LogP contribution in [0.5, 0.6) is 0 Å². The molecule has 0 spiro atoms. The first kappa shape index (κ1) is 10.7. The van der Waals surface area contributed by atoms with Crippen LogP contribution in [0.2, 0.25) is 0 Å². The summed E-state index contributed by atoms with van der Waals surface area (Å²) in [6.45, 7) is 6.62. The lowest BCUT2D eigenvalue weighted by Crippen LogP contribution is -2.37. The molecule has 2 nitrogen and oxygen atoms in total. The van der Waals surface area contributed by atoms with Gasteiger partial charge in [0.25, 0.3) is 0 Å². The summed E-state index contributed by atoms with van der Waals surface area (Å²) in [6, 6.07) is 6.27. The molecule has 0 aromatic heterocycles. The predicted molar refractivity (Wildman–Crippen MR) is 69.7 cm³/mol. The zero-order valence-corrected chi connectivity index (χ0v) is 10.2. The largest absolute Gasteiger partial charge is 0.397 e. The standard InChI is InChI=1S/C12H18N2S/c1-9-3-4-11(13)12(7-9)14-5-6-15-10(2)8-14/h3-4,7,10H,5-6,8,13H2,1-2H3. The fourth-order valence-electron chi connectivity index (χ4n) is 1.96. The highest BCUT2D eigenvalue weighted by Gasteiger charge is 2.18. The number of nitrogen functional groups attached to an aromatic ring is 1. The van der Waals surface area contributed by atoms with Gasteiger partial charge in [0.15, 0.2) is 0 Å². The van der Waals surface area contributed by atoms with Gasteiger partial charge in [-0.15, -0.1) is 0 Å². The summed E-state index contributed by atoms with van der Waals surface area (Å²) in [5.74, 6) is 1.20. The summed E-state index contributed by atoms with van der Waals surface area (Å²) in [6.07, 6.45) is 0. The number of rotatable bonds is 1. The van der Waals surface area contributed by atoms with Crippen molar-refractivity contribution in [1.29, 1.82) is 0 Å². The molecule has 0 saturated carbocycles. The van der Waals surface area contributed by atoms with Crippen LogP contribution in [0.15, 0.2) is 18.2 Å². The first-order valence-electron chi connectivity index (χ1n) is 5.39. The molecule has 0 bridgehead atoms. The van der Waals surface area contributed by atoms with Crippen molar-refractivity contribution in [3.05, 3.63) is 23.8 Å². The van der Waals surface area contributed by atoms with Crippen LogP contribution in [0.3, 0.4) is 0 Å². The van der Waals surface area contributed by atoms with Crippen LogP contribution in [-0.4, -0.2) is 24.1 Å². The average molecular weight is 222 g/mol. The molecule has 2 rings (SSSR count). The Balaban J connectivity index is 2.24. The van der Waals surface area contributed by atoms with E-state index in [9.17, 15) is 0 Å². The zero-order valence-electron chi connectivity index (χ0n) is 9.36. The van der Waals surface area contributed by atoms with E-state index in [2.05, 4.69) is 30.9 Å². The van der Waals surface area contributed by atoms with Crippen molar-refractivity contribution in [2.75, 3.05) is 29.5 Å². The SMILES string of the molecule is Cc1ccc(N)c(N2CCSC(C)C2)c1. The lowest BCUT2D eigenvalue weighted by Gasteiger charge is -2.33. The number of aryl methyl sites for hydroxylation is 1. The number of nitrogens with zero attached hydrogens (tertiary/aromatic N) is 1. The van der Waals surface area contributed by atoms with Crippen LogP contribution in [0.1, 0.15) is 12.5 Å². The minimum Gasteiger partial charge on any atom is -0.397 e. The number of nitrogens with two attached hydrogens (primary N) is 1. The van der Waals surface area contributed by atoms with Gasteiger partial charge in [0, 0.05) is 24.1 Å². The first-order valence-corrected chi connectivity index (χ1v) is 6.44. The maximum Gasteiger partial charge on any atom is 0.0603 e. The first-order chi connectivity index (χ1) is 7.16. The molecule has 1 aromatic carbocycles. The Hall–Kier alpha value is -0.830. The topological polar surface area (TPSA) is 29.3 Å². The molecule has 82 valence electrons. The minimum absolute atomic E-state index is 0.707. The number of thioether (sulfide) groups is 1. The van der Waals surface area contributed by atoms with E-state index in [1.165, 1.54) is 17.0 Å². The second kappa shape index (κ2) is 4.35. The van der Waals surface area contributed by atoms with Crippen LogP contribution in [0, 0.1) is 6.92 Å². The predicted octanol–water partition coefficient (Wildman–Crippen LogP) is 2.52. The molecule has 1 saturated heterocycles. The van der Waals surface area contributed by atoms with E-state index in [1.54, 1.807) is 0 Å². The van der Waals surface area contributed by atoms with E-state index < -0.39 is 0 Å². The van der Waals surface area contributed by atoms with Gasteiger partial charge in [-0.05, 0) is 24.6 Å². The second-order valence-electron chi connectivity index (χ2n) is 4.19. The van der Waals surface area contributed by atoms with Crippen LogP contribution >= 0.6 is 11.8 Å². The Bertz CT molecular complexity index is 351. The third-order valence-corrected chi connectivity index (χ3v) is 3.90. The molecule has 1 unspecified atom stereocenters. The number of hydrogen-bond donors (Lipinski definition) is 1. The Kier molecular flexibility index (Phi) is 3.10. The Morgan fingerprint density at radius 3 is 3.00 bits per heavy atom.